The first-order valence-corrected chi connectivity index (χ1v) is 13.4. The highest BCUT2D eigenvalue weighted by molar-refractivity contribution is 7.13. The van der Waals surface area contributed by atoms with Gasteiger partial charge in [0.05, 0.1) is 23.8 Å². The van der Waals surface area contributed by atoms with Gasteiger partial charge in [-0.3, -0.25) is 4.79 Å². The maximum absolute atomic E-state index is 13.9. The van der Waals surface area contributed by atoms with Crippen molar-refractivity contribution in [3.63, 3.8) is 0 Å². The Balaban J connectivity index is 1.47. The molecule has 1 N–H and O–H groups in total. The number of rotatable bonds is 5. The molecule has 0 saturated carbocycles. The minimum absolute atomic E-state index is 0.0254. The molecule has 2 fully saturated rings. The zero-order chi connectivity index (χ0) is 24.1. The molecular weight excluding hydrogens is 460 g/mol. The number of thiophene rings is 1. The molecule has 2 bridgehead atoms. The van der Waals surface area contributed by atoms with E-state index in [2.05, 4.69) is 33.5 Å². The van der Waals surface area contributed by atoms with Crippen LogP contribution in [0.5, 0.6) is 11.5 Å². The molecule has 0 aliphatic carbocycles. The summed E-state index contributed by atoms with van der Waals surface area (Å²) in [5.41, 5.74) is 4.15. The van der Waals surface area contributed by atoms with Crippen LogP contribution >= 0.6 is 11.3 Å². The van der Waals surface area contributed by atoms with Crippen LogP contribution in [0.25, 0.3) is 21.8 Å². The van der Waals surface area contributed by atoms with Crippen molar-refractivity contribution in [3.05, 3.63) is 41.0 Å². The SMILES string of the molecule is COc1cc2c(cc1OC(C)C)-c1c(-c3cccs3)nc(C(=O)N3CC4CNCC(C4)C3)n1CC2. The maximum Gasteiger partial charge on any atom is 0.289 e. The van der Waals surface area contributed by atoms with E-state index in [1.807, 2.05) is 24.8 Å². The first-order valence-electron chi connectivity index (χ1n) is 12.5. The Morgan fingerprint density at radius 2 is 2.00 bits per heavy atom. The van der Waals surface area contributed by atoms with Crippen molar-refractivity contribution in [2.45, 2.75) is 39.3 Å². The Bertz CT molecular complexity index is 1240. The minimum atomic E-state index is 0.0254. The lowest BCUT2D eigenvalue weighted by Gasteiger charge is -2.41. The first kappa shape index (κ1) is 22.6. The molecule has 2 atom stereocenters. The van der Waals surface area contributed by atoms with E-state index in [0.29, 0.717) is 17.7 Å². The largest absolute Gasteiger partial charge is 0.493 e. The van der Waals surface area contributed by atoms with Crippen molar-refractivity contribution < 1.29 is 14.3 Å². The van der Waals surface area contributed by atoms with Crippen molar-refractivity contribution in [2.75, 3.05) is 33.3 Å². The van der Waals surface area contributed by atoms with E-state index in [1.54, 1.807) is 18.4 Å². The molecule has 184 valence electrons. The number of aromatic nitrogens is 2. The summed E-state index contributed by atoms with van der Waals surface area (Å²) in [5, 5.41) is 5.58. The number of benzene rings is 1. The zero-order valence-electron chi connectivity index (χ0n) is 20.5. The number of likely N-dealkylation sites (tertiary alicyclic amines) is 1. The topological polar surface area (TPSA) is 68.6 Å². The van der Waals surface area contributed by atoms with E-state index in [9.17, 15) is 4.79 Å². The van der Waals surface area contributed by atoms with Crippen LogP contribution in [0.15, 0.2) is 29.6 Å². The van der Waals surface area contributed by atoms with Gasteiger partial charge in [0.2, 0.25) is 0 Å². The molecule has 6 rings (SSSR count). The highest BCUT2D eigenvalue weighted by atomic mass is 32.1. The van der Waals surface area contributed by atoms with E-state index in [0.717, 1.165) is 72.5 Å². The number of piperidine rings is 2. The zero-order valence-corrected chi connectivity index (χ0v) is 21.4. The fourth-order valence-corrected chi connectivity index (χ4v) is 6.59. The number of nitrogens with zero attached hydrogens (tertiary/aromatic N) is 3. The highest BCUT2D eigenvalue weighted by Gasteiger charge is 2.36. The summed E-state index contributed by atoms with van der Waals surface area (Å²) in [4.78, 5) is 22.0. The predicted molar refractivity (Wildman–Crippen MR) is 137 cm³/mol. The molecule has 7 nitrogen and oxygen atoms in total. The number of carbonyl (C=O) groups is 1. The summed E-state index contributed by atoms with van der Waals surface area (Å²) in [5.74, 6) is 3.14. The Kier molecular flexibility index (Phi) is 5.81. The Morgan fingerprint density at radius 1 is 1.20 bits per heavy atom. The second kappa shape index (κ2) is 8.99. The maximum atomic E-state index is 13.9. The number of ether oxygens (including phenoxy) is 2. The number of hydrogen-bond acceptors (Lipinski definition) is 6. The number of carbonyl (C=O) groups excluding carboxylic acids is 1. The van der Waals surface area contributed by atoms with Crippen LogP contribution < -0.4 is 14.8 Å². The summed E-state index contributed by atoms with van der Waals surface area (Å²) >= 11 is 1.66. The minimum Gasteiger partial charge on any atom is -0.493 e. The van der Waals surface area contributed by atoms with E-state index >= 15 is 0 Å². The fourth-order valence-electron chi connectivity index (χ4n) is 5.87. The third-order valence-corrected chi connectivity index (χ3v) is 8.18. The van der Waals surface area contributed by atoms with Crippen LogP contribution in [0.2, 0.25) is 0 Å². The highest BCUT2D eigenvalue weighted by Crippen LogP contribution is 2.44. The van der Waals surface area contributed by atoms with Crippen LogP contribution in [-0.2, 0) is 13.0 Å². The average Bonchev–Trinajstić information content (AvgIpc) is 3.50. The number of amides is 1. The van der Waals surface area contributed by atoms with Crippen LogP contribution in [0.3, 0.4) is 0 Å². The molecular formula is C27H32N4O3S. The number of nitrogens with one attached hydrogen (secondary N) is 1. The summed E-state index contributed by atoms with van der Waals surface area (Å²) in [6.07, 6.45) is 2.05. The lowest BCUT2D eigenvalue weighted by atomic mass is 9.86. The van der Waals surface area contributed by atoms with E-state index in [1.165, 1.54) is 12.0 Å². The van der Waals surface area contributed by atoms with Crippen molar-refractivity contribution in [1.29, 1.82) is 0 Å². The smallest absolute Gasteiger partial charge is 0.289 e. The number of hydrogen-bond donors (Lipinski definition) is 1. The summed E-state index contributed by atoms with van der Waals surface area (Å²) in [7, 11) is 1.68. The van der Waals surface area contributed by atoms with Gasteiger partial charge in [0.25, 0.3) is 5.91 Å². The molecule has 1 aromatic carbocycles. The fraction of sp³-hybridized carbons (Fsp3) is 0.481. The molecule has 5 heterocycles. The summed E-state index contributed by atoms with van der Waals surface area (Å²) < 4.78 is 13.9. The lowest BCUT2D eigenvalue weighted by molar-refractivity contribution is 0.0521. The summed E-state index contributed by atoms with van der Waals surface area (Å²) in [6, 6.07) is 8.28. The van der Waals surface area contributed by atoms with Gasteiger partial charge in [-0.15, -0.1) is 11.3 Å². The second-order valence-corrected chi connectivity index (χ2v) is 11.1. The van der Waals surface area contributed by atoms with Gasteiger partial charge in [-0.1, -0.05) is 6.07 Å². The number of fused-ring (bicyclic) bond motifs is 5. The van der Waals surface area contributed by atoms with Gasteiger partial charge < -0.3 is 24.3 Å². The van der Waals surface area contributed by atoms with Gasteiger partial charge in [0.1, 0.15) is 5.69 Å². The Labute approximate surface area is 210 Å². The molecule has 2 unspecified atom stereocenters. The summed E-state index contributed by atoms with van der Waals surface area (Å²) in [6.45, 7) is 8.35. The molecule has 35 heavy (non-hydrogen) atoms. The van der Waals surface area contributed by atoms with Gasteiger partial charge in [-0.05, 0) is 80.8 Å². The standard InChI is InChI=1S/C27H32N4O3S/c1-16(2)34-22-11-20-19(10-21(22)33-3)6-7-31-25(20)24(23-5-4-8-35-23)29-26(31)27(32)30-14-17-9-18(15-30)13-28-12-17/h4-5,8,10-11,16-18,28H,6-7,9,12-15H2,1-3H3. The molecule has 8 heteroatoms. The number of methoxy groups -OCH3 is 1. The van der Waals surface area contributed by atoms with Crippen LogP contribution in [0.4, 0.5) is 0 Å². The van der Waals surface area contributed by atoms with Gasteiger partial charge >= 0.3 is 0 Å². The molecule has 2 aromatic heterocycles. The van der Waals surface area contributed by atoms with Crippen LogP contribution in [-0.4, -0.2) is 59.8 Å². The monoisotopic (exact) mass is 492 g/mol. The van der Waals surface area contributed by atoms with Gasteiger partial charge in [0, 0.05) is 25.2 Å². The van der Waals surface area contributed by atoms with Gasteiger partial charge in [-0.25, -0.2) is 4.98 Å². The van der Waals surface area contributed by atoms with Gasteiger partial charge in [-0.2, -0.15) is 0 Å². The Hall–Kier alpha value is -2.84. The molecule has 3 aliphatic heterocycles. The second-order valence-electron chi connectivity index (χ2n) is 10.2. The molecule has 2 saturated heterocycles. The lowest BCUT2D eigenvalue weighted by Crippen LogP contribution is -2.53. The first-order chi connectivity index (χ1) is 17.0. The predicted octanol–water partition coefficient (Wildman–Crippen LogP) is 4.31. The van der Waals surface area contributed by atoms with Crippen molar-refractivity contribution in [3.8, 4) is 33.3 Å². The van der Waals surface area contributed by atoms with Crippen molar-refractivity contribution >= 4 is 17.2 Å². The van der Waals surface area contributed by atoms with Crippen LogP contribution in [0, 0.1) is 11.8 Å². The molecule has 0 spiro atoms. The van der Waals surface area contributed by atoms with E-state index < -0.39 is 0 Å². The normalized spacial score (nSPS) is 21.0. The third-order valence-electron chi connectivity index (χ3n) is 7.30. The molecule has 0 radical (unpaired) electrons. The quantitative estimate of drug-likeness (QED) is 0.575. The van der Waals surface area contributed by atoms with E-state index in [4.69, 9.17) is 14.5 Å². The molecule has 3 aliphatic rings. The van der Waals surface area contributed by atoms with Crippen LogP contribution in [0.1, 0.15) is 36.5 Å². The molecule has 1 amide bonds. The number of imidazole rings is 1. The molecule has 3 aromatic rings. The number of aryl methyl sites for hydroxylation is 1. The van der Waals surface area contributed by atoms with Crippen molar-refractivity contribution in [2.24, 2.45) is 11.8 Å². The van der Waals surface area contributed by atoms with E-state index in [-0.39, 0.29) is 12.0 Å². The van der Waals surface area contributed by atoms with Crippen molar-refractivity contribution in [1.82, 2.24) is 19.8 Å². The average molecular weight is 493 g/mol. The Morgan fingerprint density at radius 3 is 2.69 bits per heavy atom. The third kappa shape index (κ3) is 4.02. The van der Waals surface area contributed by atoms with Gasteiger partial charge in [0.15, 0.2) is 17.3 Å².